The summed E-state index contributed by atoms with van der Waals surface area (Å²) in [6.45, 7) is 0. The molecule has 17 rings (SSSR count). The molecular formula is C84H56N2OSi. The van der Waals surface area contributed by atoms with Gasteiger partial charge in [-0.3, -0.25) is 0 Å². The topological polar surface area (TPSA) is 23.0 Å². The van der Waals surface area contributed by atoms with Gasteiger partial charge < -0.3 is 13.6 Å². The Bertz CT molecular complexity index is 5320. The van der Waals surface area contributed by atoms with Crippen LogP contribution in [0, 0.1) is 0 Å². The summed E-state index contributed by atoms with van der Waals surface area (Å²) in [5, 5.41) is 12.2. The highest BCUT2D eigenvalue weighted by molar-refractivity contribution is 7.20. The first-order chi connectivity index (χ1) is 43.7. The Morgan fingerprint density at radius 2 is 0.670 bits per heavy atom. The normalized spacial score (nSPS) is 11.9. The molecule has 0 fully saturated rings. The van der Waals surface area contributed by atoms with E-state index in [-0.39, 0.29) is 0 Å². The Kier molecular flexibility index (Phi) is 12.2. The van der Waals surface area contributed by atoms with Gasteiger partial charge in [-0.15, -0.1) is 0 Å². The van der Waals surface area contributed by atoms with E-state index in [1.807, 2.05) is 0 Å². The number of fused-ring (bicyclic) bond motifs is 9. The Hall–Kier alpha value is -11.3. The Labute approximate surface area is 511 Å². The van der Waals surface area contributed by atoms with Crippen molar-refractivity contribution in [3.8, 4) is 67.0 Å². The van der Waals surface area contributed by atoms with Crippen LogP contribution >= 0.6 is 0 Å². The largest absolute Gasteiger partial charge is 0.456 e. The maximum Gasteiger partial charge on any atom is 0.179 e. The number of para-hydroxylation sites is 4. The number of furan rings is 1. The molecule has 0 amide bonds. The highest BCUT2D eigenvalue weighted by atomic mass is 28.3. The van der Waals surface area contributed by atoms with Crippen LogP contribution in [-0.4, -0.2) is 17.2 Å². The van der Waals surface area contributed by atoms with Crippen molar-refractivity contribution in [3.63, 3.8) is 0 Å². The van der Waals surface area contributed by atoms with Crippen LogP contribution in [0.4, 0.5) is 0 Å². The van der Waals surface area contributed by atoms with Gasteiger partial charge in [0.05, 0.1) is 27.8 Å². The van der Waals surface area contributed by atoms with Gasteiger partial charge in [0.1, 0.15) is 11.2 Å². The van der Waals surface area contributed by atoms with Crippen LogP contribution in [0.1, 0.15) is 0 Å². The highest BCUT2D eigenvalue weighted by Crippen LogP contribution is 2.46. The Morgan fingerprint density at radius 3 is 1.26 bits per heavy atom. The fourth-order valence-corrected chi connectivity index (χ4v) is 19.3. The zero-order valence-corrected chi connectivity index (χ0v) is 49.1. The van der Waals surface area contributed by atoms with Crippen LogP contribution in [0.3, 0.4) is 0 Å². The van der Waals surface area contributed by atoms with E-state index in [1.165, 1.54) is 64.5 Å². The SMILES string of the molecule is c1ccc(-c2cc(-c3ccccc3)cc([Si](c3ccccc3)(c3ccccc3)c3cc(-c4ccccc4)c(-n4c5ccccc5c5cc(-n6c7ccccc7c7cccc(-c8cccc9oc%10ccccc%10c89)c76)ccc54)c(-c4ccccc4)c3)c2)cc1. The molecule has 0 saturated carbocycles. The molecule has 0 bridgehead atoms. The van der Waals surface area contributed by atoms with Crippen LogP contribution in [-0.2, 0) is 0 Å². The molecule has 0 atom stereocenters. The third-order valence-electron chi connectivity index (χ3n) is 18.2. The van der Waals surface area contributed by atoms with Crippen molar-refractivity contribution in [2.75, 3.05) is 0 Å². The van der Waals surface area contributed by atoms with Gasteiger partial charge in [-0.25, -0.2) is 0 Å². The summed E-state index contributed by atoms with van der Waals surface area (Å²) in [5.41, 5.74) is 20.2. The average molecular weight is 1140 g/mol. The monoisotopic (exact) mass is 1140 g/mol. The first-order valence-electron chi connectivity index (χ1n) is 30.3. The molecule has 14 aromatic carbocycles. The first-order valence-corrected chi connectivity index (χ1v) is 32.3. The summed E-state index contributed by atoms with van der Waals surface area (Å²) >= 11 is 0. The van der Waals surface area contributed by atoms with Crippen LogP contribution in [0.15, 0.2) is 344 Å². The van der Waals surface area contributed by atoms with Gasteiger partial charge in [0.15, 0.2) is 8.07 Å². The summed E-state index contributed by atoms with van der Waals surface area (Å²) in [4.78, 5) is 0. The molecule has 0 radical (unpaired) electrons. The second-order valence-corrected chi connectivity index (χ2v) is 26.9. The van der Waals surface area contributed by atoms with Crippen molar-refractivity contribution in [3.05, 3.63) is 340 Å². The van der Waals surface area contributed by atoms with Crippen molar-refractivity contribution in [2.45, 2.75) is 0 Å². The fourth-order valence-electron chi connectivity index (χ4n) is 14.4. The molecule has 17 aromatic rings. The van der Waals surface area contributed by atoms with Gasteiger partial charge >= 0.3 is 0 Å². The van der Waals surface area contributed by atoms with Gasteiger partial charge in [-0.1, -0.05) is 291 Å². The third-order valence-corrected chi connectivity index (χ3v) is 22.9. The van der Waals surface area contributed by atoms with E-state index in [4.69, 9.17) is 4.42 Å². The van der Waals surface area contributed by atoms with E-state index in [0.29, 0.717) is 0 Å². The van der Waals surface area contributed by atoms with E-state index in [2.05, 4.69) is 349 Å². The molecule has 3 aromatic heterocycles. The van der Waals surface area contributed by atoms with Crippen molar-refractivity contribution in [1.29, 1.82) is 0 Å². The average Bonchev–Trinajstić information content (AvgIpc) is 1.55. The summed E-state index contributed by atoms with van der Waals surface area (Å²) < 4.78 is 11.6. The van der Waals surface area contributed by atoms with E-state index in [1.54, 1.807) is 0 Å². The van der Waals surface area contributed by atoms with E-state index in [9.17, 15) is 0 Å². The molecule has 0 spiro atoms. The van der Waals surface area contributed by atoms with Crippen LogP contribution < -0.4 is 20.7 Å². The second kappa shape index (κ2) is 21.0. The number of rotatable bonds is 11. The smallest absolute Gasteiger partial charge is 0.179 e. The lowest BCUT2D eigenvalue weighted by Gasteiger charge is -2.36. The molecule has 88 heavy (non-hydrogen) atoms. The van der Waals surface area contributed by atoms with Crippen molar-refractivity contribution >= 4 is 94.4 Å². The Balaban J connectivity index is 0.969. The number of nitrogens with zero attached hydrogens (tertiary/aromatic N) is 2. The summed E-state index contributed by atoms with van der Waals surface area (Å²) in [7, 11) is -3.33. The van der Waals surface area contributed by atoms with E-state index >= 15 is 0 Å². The number of benzene rings is 14. The molecule has 3 heterocycles. The van der Waals surface area contributed by atoms with Crippen molar-refractivity contribution < 1.29 is 4.42 Å². The molecule has 0 aliphatic heterocycles. The fraction of sp³-hybridized carbons (Fsp3) is 0. The van der Waals surface area contributed by atoms with Crippen LogP contribution in [0.5, 0.6) is 0 Å². The lowest BCUT2D eigenvalue weighted by atomic mass is 9.95. The summed E-state index contributed by atoms with van der Waals surface area (Å²) in [6, 6.07) is 126. The van der Waals surface area contributed by atoms with Gasteiger partial charge in [0.25, 0.3) is 0 Å². The second-order valence-electron chi connectivity index (χ2n) is 23.1. The molecule has 0 aliphatic carbocycles. The number of aromatic nitrogens is 2. The van der Waals surface area contributed by atoms with Gasteiger partial charge in [-0.05, 0) is 108 Å². The molecule has 4 heteroatoms. The summed E-state index contributed by atoms with van der Waals surface area (Å²) in [6.07, 6.45) is 0. The van der Waals surface area contributed by atoms with Gasteiger partial charge in [0.2, 0.25) is 0 Å². The van der Waals surface area contributed by atoms with Gasteiger partial charge in [-0.2, -0.15) is 0 Å². The van der Waals surface area contributed by atoms with E-state index in [0.717, 1.165) is 88.8 Å². The highest BCUT2D eigenvalue weighted by Gasteiger charge is 2.43. The minimum absolute atomic E-state index is 0.882. The standard InChI is InChI=1S/C84H56N2OSi/c1-7-27-57(28-8-1)61-51-62(58-29-9-2-10-30-58)53-66(52-61)88(64-35-15-5-16-36-64,65-37-17-6-18-38-65)67-55-74(59-31-11-3-12-32-59)84(75(56-67)60-33-13-4-14-34-60)86-78-46-23-20-40-69(78)76-54-63(49-50-79(76)86)85-77-45-22-19-39-68(77)71-43-25-44-72(83(71)85)70-42-26-48-81-82(70)73-41-21-24-47-80(73)87-81/h1-56H. The molecule has 0 unspecified atom stereocenters. The predicted molar refractivity (Wildman–Crippen MR) is 373 cm³/mol. The zero-order chi connectivity index (χ0) is 58.1. The Morgan fingerprint density at radius 1 is 0.239 bits per heavy atom. The van der Waals surface area contributed by atoms with Crippen molar-refractivity contribution in [2.24, 2.45) is 0 Å². The zero-order valence-electron chi connectivity index (χ0n) is 48.1. The predicted octanol–water partition coefficient (Wildman–Crippen LogP) is 19.5. The first kappa shape index (κ1) is 51.1. The molecule has 412 valence electrons. The molecule has 0 N–H and O–H groups in total. The number of hydrogen-bond acceptors (Lipinski definition) is 1. The van der Waals surface area contributed by atoms with Crippen LogP contribution in [0.2, 0.25) is 0 Å². The lowest BCUT2D eigenvalue weighted by Crippen LogP contribution is -2.74. The third kappa shape index (κ3) is 8.18. The van der Waals surface area contributed by atoms with Crippen molar-refractivity contribution in [1.82, 2.24) is 9.13 Å². The molecule has 0 saturated heterocycles. The molecule has 0 aliphatic rings. The molecule has 3 nitrogen and oxygen atoms in total. The van der Waals surface area contributed by atoms with Crippen LogP contribution in [0.25, 0.3) is 133 Å². The maximum atomic E-state index is 6.52. The lowest BCUT2D eigenvalue weighted by molar-refractivity contribution is 0.669. The van der Waals surface area contributed by atoms with E-state index < -0.39 is 8.07 Å². The van der Waals surface area contributed by atoms with Gasteiger partial charge in [0, 0.05) is 54.7 Å². The quantitative estimate of drug-likeness (QED) is 0.0935. The minimum atomic E-state index is -3.33. The molecular weight excluding hydrogens is 1080 g/mol. The summed E-state index contributed by atoms with van der Waals surface area (Å²) in [5.74, 6) is 0. The minimum Gasteiger partial charge on any atom is -0.456 e. The number of hydrogen-bond donors (Lipinski definition) is 0. The maximum absolute atomic E-state index is 6.52.